The molecule has 2 unspecified atom stereocenters. The lowest BCUT2D eigenvalue weighted by Gasteiger charge is -2.67. The number of nitrogens with one attached hydrogen (secondary N) is 1. The first kappa shape index (κ1) is 45.7. The van der Waals surface area contributed by atoms with Crippen LogP contribution in [0.3, 0.4) is 0 Å². The lowest BCUT2D eigenvalue weighted by Crippen LogP contribution is -2.81. The number of alkyl carbamates (subject to hydrolysis) is 1. The second-order valence-corrected chi connectivity index (χ2v) is 19.4. The number of carbonyl (C=O) groups excluding carboxylic acids is 6. The molecule has 1 saturated heterocycles. The Kier molecular flexibility index (Phi) is 12.4. The summed E-state index contributed by atoms with van der Waals surface area (Å²) in [7, 11) is 1.13. The molecule has 1 amide bonds. The molecule has 1 aliphatic heterocycles. The number of Topliss-reactive ketones (excluding diaryl/α,β-unsaturated/α-hetero) is 1. The van der Waals surface area contributed by atoms with Gasteiger partial charge in [0, 0.05) is 36.0 Å². The number of benzene rings is 1. The summed E-state index contributed by atoms with van der Waals surface area (Å²) in [6.45, 7) is 16.2. The van der Waals surface area contributed by atoms with Crippen LogP contribution in [0, 0.1) is 28.6 Å². The van der Waals surface area contributed by atoms with Crippen molar-refractivity contribution in [1.82, 2.24) is 5.32 Å². The van der Waals surface area contributed by atoms with E-state index in [2.05, 4.69) is 5.32 Å². The molecule has 2 saturated carbocycles. The minimum atomic E-state index is -2.18. The molecule has 1 aromatic carbocycles. The van der Waals surface area contributed by atoms with Crippen LogP contribution in [0.5, 0.6) is 0 Å². The first-order valence-electron chi connectivity index (χ1n) is 20.5. The highest BCUT2D eigenvalue weighted by molar-refractivity contribution is 7.10. The fourth-order valence-electron chi connectivity index (χ4n) is 10.3. The van der Waals surface area contributed by atoms with Crippen LogP contribution >= 0.6 is 11.3 Å². The Morgan fingerprint density at radius 2 is 1.67 bits per heavy atom. The van der Waals surface area contributed by atoms with Gasteiger partial charge in [0.05, 0.1) is 42.6 Å². The van der Waals surface area contributed by atoms with Crippen LogP contribution in [0.25, 0.3) is 0 Å². The van der Waals surface area contributed by atoms with Crippen LogP contribution in [0.1, 0.15) is 103 Å². The zero-order valence-corrected chi connectivity index (χ0v) is 37.3. The Balaban J connectivity index is 1.52. The van der Waals surface area contributed by atoms with Crippen LogP contribution in [-0.4, -0.2) is 96.0 Å². The van der Waals surface area contributed by atoms with Gasteiger partial charge < -0.3 is 43.6 Å². The number of carbonyl (C=O) groups is 6. The molecule has 0 spiro atoms. The summed E-state index contributed by atoms with van der Waals surface area (Å²) in [5.74, 6) is -6.17. The molecule has 2 N–H and O–H groups in total. The molecule has 6 rings (SSSR count). The SMILES string of the molecule is COC(=O)O[C@H]1C[C@H]2OC[C@@]2(OC(C)=O)C2C(OC(=O)c3ccccc3)[C@]3(O)C[C@H](OC(=O)[C@H](C)[C@@H](NC(=O)OC(C)(C)C)c4cccs4)C(C)=C([C@@H](C)C(=O)[C@@]21C)C3(C)C. The van der Waals surface area contributed by atoms with Gasteiger partial charge in [0.15, 0.2) is 5.60 Å². The molecule has 0 radical (unpaired) electrons. The molecular formula is C45H57NO14S. The standard InChI is InChI=1S/C45H57NO14S/c1-23-28(56-37(49)25(3)33(29-18-15-19-61-29)46-39(51)60-41(5,6)7)21-45(53)36(58-38(50)27-16-13-12-14-17-27)34-43(10,35(48)24(2)32(23)42(45,8)9)30(57-40(52)54-11)20-31-44(34,22-55-31)59-26(4)47/h12-19,24-25,28,30-31,33-34,36,53H,20-22H2,1-11H3,(H,46,51)/t24-,25-,28+,30+,31-,33-,34?,36?,43-,44+,45-/m1/s1. The maximum absolute atomic E-state index is 15.6. The fourth-order valence-corrected chi connectivity index (χ4v) is 11.2. The summed E-state index contributed by atoms with van der Waals surface area (Å²) in [5.41, 5.74) is -6.80. The Morgan fingerprint density at radius 1 is 1.00 bits per heavy atom. The summed E-state index contributed by atoms with van der Waals surface area (Å²) in [6, 6.07) is 10.8. The van der Waals surface area contributed by atoms with Crippen molar-refractivity contribution in [1.29, 1.82) is 0 Å². The zero-order chi connectivity index (χ0) is 45.0. The third kappa shape index (κ3) is 7.95. The van der Waals surface area contributed by atoms with E-state index in [0.717, 1.165) is 7.11 Å². The van der Waals surface area contributed by atoms with Gasteiger partial charge in [-0.15, -0.1) is 11.3 Å². The minimum Gasteiger partial charge on any atom is -0.457 e. The van der Waals surface area contributed by atoms with E-state index in [1.807, 2.05) is 5.38 Å². The minimum absolute atomic E-state index is 0.0894. The molecule has 2 heterocycles. The molecule has 2 aromatic rings. The van der Waals surface area contributed by atoms with E-state index in [1.54, 1.807) is 92.6 Å². The maximum Gasteiger partial charge on any atom is 0.508 e. The largest absolute Gasteiger partial charge is 0.508 e. The molecule has 1 aromatic heterocycles. The van der Waals surface area contributed by atoms with Crippen LogP contribution < -0.4 is 5.32 Å². The Labute approximate surface area is 359 Å². The molecule has 61 heavy (non-hydrogen) atoms. The van der Waals surface area contributed by atoms with Gasteiger partial charge in [0.2, 0.25) is 0 Å². The molecule has 3 fully saturated rings. The number of hydrogen-bond acceptors (Lipinski definition) is 15. The summed E-state index contributed by atoms with van der Waals surface area (Å²) in [6.07, 6.45) is -7.36. The number of amides is 1. The highest BCUT2D eigenvalue weighted by Gasteiger charge is 2.78. The van der Waals surface area contributed by atoms with Crippen LogP contribution in [0.4, 0.5) is 9.59 Å². The van der Waals surface area contributed by atoms with Crippen LogP contribution in [-0.2, 0) is 47.5 Å². The molecular weight excluding hydrogens is 811 g/mol. The summed E-state index contributed by atoms with van der Waals surface area (Å²) < 4.78 is 41.3. The van der Waals surface area contributed by atoms with E-state index in [4.69, 9.17) is 33.2 Å². The van der Waals surface area contributed by atoms with Crippen LogP contribution in [0.15, 0.2) is 59.0 Å². The number of esters is 3. The van der Waals surface area contributed by atoms with Crippen molar-refractivity contribution < 1.29 is 67.0 Å². The van der Waals surface area contributed by atoms with E-state index in [0.29, 0.717) is 16.0 Å². The predicted octanol–water partition coefficient (Wildman–Crippen LogP) is 6.66. The van der Waals surface area contributed by atoms with Gasteiger partial charge in [-0.2, -0.15) is 0 Å². The Hall–Kier alpha value is -4.80. The molecule has 332 valence electrons. The van der Waals surface area contributed by atoms with Crippen molar-refractivity contribution in [2.24, 2.45) is 28.6 Å². The van der Waals surface area contributed by atoms with Crippen molar-refractivity contribution >= 4 is 47.3 Å². The predicted molar refractivity (Wildman–Crippen MR) is 219 cm³/mol. The number of ketones is 1. The van der Waals surface area contributed by atoms with Gasteiger partial charge in [0.25, 0.3) is 0 Å². The Bertz CT molecular complexity index is 2080. The van der Waals surface area contributed by atoms with E-state index in [-0.39, 0.29) is 25.0 Å². The van der Waals surface area contributed by atoms with Crippen molar-refractivity contribution in [3.8, 4) is 0 Å². The van der Waals surface area contributed by atoms with Crippen molar-refractivity contribution in [3.05, 3.63) is 69.4 Å². The van der Waals surface area contributed by atoms with E-state index in [9.17, 15) is 29.1 Å². The third-order valence-corrected chi connectivity index (χ3v) is 14.2. The van der Waals surface area contributed by atoms with Gasteiger partial charge in [-0.05, 0) is 76.3 Å². The van der Waals surface area contributed by atoms with Crippen molar-refractivity contribution in [2.75, 3.05) is 13.7 Å². The number of thiophene rings is 1. The zero-order valence-electron chi connectivity index (χ0n) is 36.5. The van der Waals surface area contributed by atoms with Gasteiger partial charge in [-0.3, -0.25) is 14.4 Å². The number of ether oxygens (including phenoxy) is 7. The van der Waals surface area contributed by atoms with Gasteiger partial charge in [0.1, 0.15) is 41.4 Å². The van der Waals surface area contributed by atoms with Crippen molar-refractivity contribution in [2.45, 2.75) is 129 Å². The molecule has 2 bridgehead atoms. The normalized spacial score (nSPS) is 32.5. The first-order valence-corrected chi connectivity index (χ1v) is 21.3. The van der Waals surface area contributed by atoms with Gasteiger partial charge >= 0.3 is 30.2 Å². The van der Waals surface area contributed by atoms with Crippen molar-refractivity contribution in [3.63, 3.8) is 0 Å². The smallest absolute Gasteiger partial charge is 0.457 e. The molecule has 11 atom stereocenters. The molecule has 15 nitrogen and oxygen atoms in total. The quantitative estimate of drug-likeness (QED) is 0.154. The topological polar surface area (TPSA) is 199 Å². The highest BCUT2D eigenvalue weighted by atomic mass is 32.1. The van der Waals surface area contributed by atoms with Crippen LogP contribution in [0.2, 0.25) is 0 Å². The number of methoxy groups -OCH3 is 1. The number of rotatable bonds is 9. The maximum atomic E-state index is 15.6. The Morgan fingerprint density at radius 3 is 2.23 bits per heavy atom. The third-order valence-electron chi connectivity index (χ3n) is 13.2. The second kappa shape index (κ2) is 16.5. The summed E-state index contributed by atoms with van der Waals surface area (Å²) >= 11 is 1.33. The van der Waals surface area contributed by atoms with E-state index >= 15 is 4.79 Å². The summed E-state index contributed by atoms with van der Waals surface area (Å²) in [5, 5.41) is 18.4. The highest BCUT2D eigenvalue weighted by Crippen LogP contribution is 2.65. The fraction of sp³-hybridized carbons (Fsp3) is 0.600. The first-order chi connectivity index (χ1) is 28.4. The number of hydrogen-bond donors (Lipinski definition) is 2. The lowest BCUT2D eigenvalue weighted by atomic mass is 9.43. The average Bonchev–Trinajstić information content (AvgIpc) is 3.72. The second-order valence-electron chi connectivity index (χ2n) is 18.4. The van der Waals surface area contributed by atoms with Gasteiger partial charge in [-0.1, -0.05) is 45.0 Å². The number of fused-ring (bicyclic) bond motifs is 5. The summed E-state index contributed by atoms with van der Waals surface area (Å²) in [4.78, 5) is 84.1. The molecule has 16 heteroatoms. The number of aliphatic hydroxyl groups is 1. The van der Waals surface area contributed by atoms with E-state index < -0.39 is 112 Å². The molecule has 4 aliphatic rings. The lowest BCUT2D eigenvalue weighted by molar-refractivity contribution is -0.345. The van der Waals surface area contributed by atoms with Gasteiger partial charge in [-0.25, -0.2) is 14.4 Å². The average molecular weight is 868 g/mol. The molecule has 3 aliphatic carbocycles. The van der Waals surface area contributed by atoms with E-state index in [1.165, 1.54) is 30.4 Å². The monoisotopic (exact) mass is 867 g/mol.